The number of ether oxygens (including phenoxy) is 5. The predicted octanol–water partition coefficient (Wildman–Crippen LogP) is 2.74. The Morgan fingerprint density at radius 2 is 1.59 bits per heavy atom. The first-order valence-electron chi connectivity index (χ1n) is 9.00. The number of thioether (sulfide) groups is 1. The van der Waals surface area contributed by atoms with Crippen molar-refractivity contribution >= 4 is 23.4 Å². The van der Waals surface area contributed by atoms with Gasteiger partial charge in [-0.15, -0.1) is 11.8 Å². The molecule has 148 valence electrons. The van der Waals surface area contributed by atoms with Crippen LogP contribution in [0.5, 0.6) is 0 Å². The van der Waals surface area contributed by atoms with Gasteiger partial charge >= 0.3 is 0 Å². The number of hydrogen-bond donors (Lipinski definition) is 1. The van der Waals surface area contributed by atoms with E-state index in [1.165, 1.54) is 0 Å². The van der Waals surface area contributed by atoms with E-state index in [-0.39, 0.29) is 5.91 Å². The lowest BCUT2D eigenvalue weighted by molar-refractivity contribution is -0.229. The van der Waals surface area contributed by atoms with Gasteiger partial charge in [-0.05, 0) is 46.1 Å². The number of para-hydroxylation sites is 1. The summed E-state index contributed by atoms with van der Waals surface area (Å²) in [6.07, 6.45) is -1.08. The molecule has 3 saturated heterocycles. The standard InChI is InChI=1S/C19H25NO6S/c1-18(2)23-12-13(24-18)15-17(26-19(3,4)25-15)22-14(12)16(21)20-10-8-6-7-9-11(10)27-5/h6-9,12-15,17H,1-5H3,(H,20,21)/t12-,13+,14-,15+,17+/m0/s1. The van der Waals surface area contributed by atoms with Gasteiger partial charge in [0.2, 0.25) is 0 Å². The van der Waals surface area contributed by atoms with Crippen LogP contribution in [0.15, 0.2) is 29.2 Å². The molecule has 0 spiro atoms. The lowest BCUT2D eigenvalue weighted by Gasteiger charge is -2.36. The SMILES string of the molecule is CSc1ccccc1NC(=O)[C@H]1O[C@@H]2OC(C)(C)O[C@@H]2[C@@H]2OC(C)(C)O[C@@H]21. The second kappa shape index (κ2) is 6.72. The Kier molecular flexibility index (Phi) is 4.77. The Balaban J connectivity index is 1.59. The van der Waals surface area contributed by atoms with Crippen LogP contribution in [0.1, 0.15) is 27.7 Å². The number of fused-ring (bicyclic) bond motifs is 3. The summed E-state index contributed by atoms with van der Waals surface area (Å²) in [6.45, 7) is 7.27. The molecule has 0 radical (unpaired) electrons. The molecule has 0 bridgehead atoms. The third-order valence-electron chi connectivity index (χ3n) is 4.78. The molecular formula is C19H25NO6S. The molecule has 0 saturated carbocycles. The number of carbonyl (C=O) groups excluding carboxylic acids is 1. The maximum Gasteiger partial charge on any atom is 0.256 e. The first-order valence-corrected chi connectivity index (χ1v) is 10.2. The third kappa shape index (κ3) is 3.62. The van der Waals surface area contributed by atoms with Gasteiger partial charge in [-0.3, -0.25) is 4.79 Å². The van der Waals surface area contributed by atoms with Gasteiger partial charge in [0.25, 0.3) is 5.91 Å². The minimum Gasteiger partial charge on any atom is -0.342 e. The average Bonchev–Trinajstić information content (AvgIpc) is 3.08. The lowest BCUT2D eigenvalue weighted by Crippen LogP contribution is -2.58. The Hall–Kier alpha value is -1.16. The summed E-state index contributed by atoms with van der Waals surface area (Å²) in [4.78, 5) is 14.0. The van der Waals surface area contributed by atoms with Crippen LogP contribution in [0.2, 0.25) is 0 Å². The normalized spacial score (nSPS) is 36.1. The fourth-order valence-electron chi connectivity index (χ4n) is 3.78. The second-order valence-electron chi connectivity index (χ2n) is 7.78. The van der Waals surface area contributed by atoms with Crippen LogP contribution in [0, 0.1) is 0 Å². The van der Waals surface area contributed by atoms with Crippen LogP contribution in [0.25, 0.3) is 0 Å². The predicted molar refractivity (Wildman–Crippen MR) is 99.4 cm³/mol. The maximum absolute atomic E-state index is 13.1. The third-order valence-corrected chi connectivity index (χ3v) is 5.57. The zero-order valence-electron chi connectivity index (χ0n) is 16.1. The monoisotopic (exact) mass is 395 g/mol. The summed E-state index contributed by atoms with van der Waals surface area (Å²) < 4.78 is 29.8. The second-order valence-corrected chi connectivity index (χ2v) is 8.63. The Labute approximate surface area is 163 Å². The highest BCUT2D eigenvalue weighted by atomic mass is 32.2. The van der Waals surface area contributed by atoms with E-state index < -0.39 is 42.3 Å². The number of hydrogen-bond acceptors (Lipinski definition) is 7. The zero-order valence-corrected chi connectivity index (χ0v) is 16.9. The topological polar surface area (TPSA) is 75.3 Å². The van der Waals surface area contributed by atoms with Gasteiger partial charge < -0.3 is 29.0 Å². The van der Waals surface area contributed by atoms with Gasteiger partial charge in [0.1, 0.15) is 18.3 Å². The van der Waals surface area contributed by atoms with Gasteiger partial charge in [-0.2, -0.15) is 0 Å². The molecule has 3 heterocycles. The van der Waals surface area contributed by atoms with E-state index in [0.717, 1.165) is 10.6 Å². The molecule has 7 nitrogen and oxygen atoms in total. The average molecular weight is 395 g/mol. The molecule has 0 aliphatic carbocycles. The van der Waals surface area contributed by atoms with E-state index in [1.54, 1.807) is 11.8 Å². The van der Waals surface area contributed by atoms with Crippen LogP contribution >= 0.6 is 11.8 Å². The highest BCUT2D eigenvalue weighted by molar-refractivity contribution is 7.98. The summed E-state index contributed by atoms with van der Waals surface area (Å²) in [5.41, 5.74) is 0.736. The minimum absolute atomic E-state index is 0.292. The van der Waals surface area contributed by atoms with E-state index in [9.17, 15) is 4.79 Å². The molecule has 8 heteroatoms. The molecule has 1 N–H and O–H groups in total. The van der Waals surface area contributed by atoms with Crippen molar-refractivity contribution in [3.63, 3.8) is 0 Å². The summed E-state index contributed by atoms with van der Waals surface area (Å²) in [7, 11) is 0. The van der Waals surface area contributed by atoms with E-state index >= 15 is 0 Å². The highest BCUT2D eigenvalue weighted by Gasteiger charge is 2.62. The number of nitrogens with one attached hydrogen (secondary N) is 1. The first kappa shape index (κ1) is 19.2. The Morgan fingerprint density at radius 1 is 0.963 bits per heavy atom. The van der Waals surface area contributed by atoms with Crippen LogP contribution in [0.4, 0.5) is 5.69 Å². The Morgan fingerprint density at radius 3 is 2.33 bits per heavy atom. The smallest absolute Gasteiger partial charge is 0.256 e. The lowest BCUT2D eigenvalue weighted by atomic mass is 9.98. The molecule has 1 aromatic carbocycles. The van der Waals surface area contributed by atoms with E-state index in [4.69, 9.17) is 23.7 Å². The molecule has 0 unspecified atom stereocenters. The number of carbonyl (C=O) groups is 1. The fourth-order valence-corrected chi connectivity index (χ4v) is 4.33. The molecule has 3 aliphatic rings. The van der Waals surface area contributed by atoms with Crippen molar-refractivity contribution in [3.05, 3.63) is 24.3 Å². The van der Waals surface area contributed by atoms with E-state index in [1.807, 2.05) is 58.2 Å². The maximum atomic E-state index is 13.1. The van der Waals surface area contributed by atoms with Crippen molar-refractivity contribution in [1.82, 2.24) is 0 Å². The van der Waals surface area contributed by atoms with Crippen molar-refractivity contribution in [3.8, 4) is 0 Å². The van der Waals surface area contributed by atoms with Crippen LogP contribution in [-0.2, 0) is 28.5 Å². The van der Waals surface area contributed by atoms with E-state index in [2.05, 4.69) is 5.32 Å². The first-order chi connectivity index (χ1) is 12.7. The van der Waals surface area contributed by atoms with Crippen molar-refractivity contribution in [2.75, 3.05) is 11.6 Å². The quantitative estimate of drug-likeness (QED) is 0.789. The highest BCUT2D eigenvalue weighted by Crippen LogP contribution is 2.44. The molecule has 3 fully saturated rings. The molecule has 1 aromatic rings. The van der Waals surface area contributed by atoms with Gasteiger partial charge in [0.15, 0.2) is 24.0 Å². The molecular weight excluding hydrogens is 370 g/mol. The summed E-state index contributed by atoms with van der Waals surface area (Å²) >= 11 is 1.56. The van der Waals surface area contributed by atoms with Gasteiger partial charge in [0, 0.05) is 4.90 Å². The van der Waals surface area contributed by atoms with Crippen LogP contribution in [-0.4, -0.2) is 54.4 Å². The van der Waals surface area contributed by atoms with Crippen molar-refractivity contribution in [1.29, 1.82) is 0 Å². The number of benzene rings is 1. The molecule has 5 atom stereocenters. The molecule has 3 aliphatic heterocycles. The molecule has 1 amide bonds. The van der Waals surface area contributed by atoms with Gasteiger partial charge in [0.05, 0.1) is 5.69 Å². The summed E-state index contributed by atoms with van der Waals surface area (Å²) in [5.74, 6) is -1.94. The van der Waals surface area contributed by atoms with Crippen molar-refractivity contribution < 1.29 is 28.5 Å². The summed E-state index contributed by atoms with van der Waals surface area (Å²) in [6, 6.07) is 7.63. The van der Waals surface area contributed by atoms with Crippen molar-refractivity contribution in [2.45, 2.75) is 74.9 Å². The molecule has 0 aromatic heterocycles. The van der Waals surface area contributed by atoms with Crippen LogP contribution in [0.3, 0.4) is 0 Å². The minimum atomic E-state index is -0.870. The van der Waals surface area contributed by atoms with Gasteiger partial charge in [-0.25, -0.2) is 0 Å². The molecule has 27 heavy (non-hydrogen) atoms. The van der Waals surface area contributed by atoms with Crippen molar-refractivity contribution in [2.24, 2.45) is 0 Å². The zero-order chi connectivity index (χ0) is 19.4. The Bertz CT molecular complexity index is 739. The fraction of sp³-hybridized carbons (Fsp3) is 0.632. The summed E-state index contributed by atoms with van der Waals surface area (Å²) in [5, 5.41) is 2.96. The number of amides is 1. The number of rotatable bonds is 3. The number of anilines is 1. The van der Waals surface area contributed by atoms with E-state index in [0.29, 0.717) is 0 Å². The van der Waals surface area contributed by atoms with Gasteiger partial charge in [-0.1, -0.05) is 12.1 Å². The largest absolute Gasteiger partial charge is 0.342 e. The van der Waals surface area contributed by atoms with Crippen LogP contribution < -0.4 is 5.32 Å². The molecule has 4 rings (SSSR count).